The van der Waals surface area contributed by atoms with Gasteiger partial charge in [-0.25, -0.2) is 14.4 Å². The van der Waals surface area contributed by atoms with E-state index in [1.165, 1.54) is 0 Å². The number of aromatic nitrogens is 2. The lowest BCUT2D eigenvalue weighted by Gasteiger charge is -2.26. The first kappa shape index (κ1) is 21.3. The molecule has 0 radical (unpaired) electrons. The van der Waals surface area contributed by atoms with Crippen molar-refractivity contribution < 1.29 is 19.1 Å². The Bertz CT molecular complexity index is 1290. The number of aliphatic imine (C=N–C) groups is 1. The summed E-state index contributed by atoms with van der Waals surface area (Å²) in [7, 11) is 0. The van der Waals surface area contributed by atoms with E-state index in [1.807, 2.05) is 25.3 Å². The fraction of sp³-hybridized carbons (Fsp3) is 0.333. The van der Waals surface area contributed by atoms with Crippen LogP contribution in [0.5, 0.6) is 0 Å². The smallest absolute Gasteiger partial charge is 0.274 e. The van der Waals surface area contributed by atoms with Gasteiger partial charge in [0.05, 0.1) is 19.4 Å². The number of carbonyl (C=O) groups excluding carboxylic acids is 1. The molecule has 1 saturated heterocycles. The van der Waals surface area contributed by atoms with Crippen LogP contribution in [0.4, 0.5) is 10.1 Å². The summed E-state index contributed by atoms with van der Waals surface area (Å²) >= 11 is 0. The zero-order valence-corrected chi connectivity index (χ0v) is 18.3. The number of fused-ring (bicyclic) bond motifs is 1. The maximum atomic E-state index is 13.3. The topological polar surface area (TPSA) is 101 Å². The molecule has 3 aromatic rings. The molecule has 1 aliphatic carbocycles. The van der Waals surface area contributed by atoms with Crippen molar-refractivity contribution in [3.8, 4) is 0 Å². The molecule has 0 spiro atoms. The van der Waals surface area contributed by atoms with Gasteiger partial charge in [-0.3, -0.25) is 9.20 Å². The number of hydrogen-bond acceptors (Lipinski definition) is 5. The van der Waals surface area contributed by atoms with Crippen molar-refractivity contribution in [2.24, 2.45) is 16.1 Å². The van der Waals surface area contributed by atoms with Crippen molar-refractivity contribution in [2.75, 3.05) is 18.5 Å². The molecule has 2 aliphatic rings. The van der Waals surface area contributed by atoms with Gasteiger partial charge >= 0.3 is 0 Å². The maximum absolute atomic E-state index is 13.3. The number of alkyl halides is 1. The van der Waals surface area contributed by atoms with E-state index < -0.39 is 6.17 Å². The van der Waals surface area contributed by atoms with Gasteiger partial charge in [0.25, 0.3) is 5.91 Å². The van der Waals surface area contributed by atoms with Gasteiger partial charge in [0.1, 0.15) is 17.5 Å². The van der Waals surface area contributed by atoms with Gasteiger partial charge in [-0.15, -0.1) is 0 Å². The average Bonchev–Trinajstić information content (AvgIpc) is 3.35. The molecule has 0 bridgehead atoms. The summed E-state index contributed by atoms with van der Waals surface area (Å²) in [5, 5.41) is 15.7. The van der Waals surface area contributed by atoms with Crippen molar-refractivity contribution >= 4 is 28.8 Å². The van der Waals surface area contributed by atoms with E-state index in [9.17, 15) is 14.4 Å². The number of carbonyl (C=O) groups is 1. The Kier molecular flexibility index (Phi) is 5.41. The minimum absolute atomic E-state index is 0.0734. The number of imidazole rings is 1. The number of nitrogens with one attached hydrogen (secondary N) is 1. The van der Waals surface area contributed by atoms with Crippen LogP contribution in [0.15, 0.2) is 52.9 Å². The molecule has 1 saturated carbocycles. The third-order valence-electron chi connectivity index (χ3n) is 6.24. The van der Waals surface area contributed by atoms with Gasteiger partial charge in [0, 0.05) is 35.0 Å². The Hall–Kier alpha value is -3.59. The van der Waals surface area contributed by atoms with Crippen LogP contribution in [0.3, 0.4) is 0 Å². The Morgan fingerprint density at radius 1 is 1.30 bits per heavy atom. The molecule has 9 heteroatoms. The van der Waals surface area contributed by atoms with E-state index in [0.29, 0.717) is 53.9 Å². The monoisotopic (exact) mass is 449 g/mol. The number of aryl methyl sites for hydroxylation is 1. The highest BCUT2D eigenvalue weighted by Gasteiger charge is 2.39. The molecule has 170 valence electrons. The van der Waals surface area contributed by atoms with Crippen molar-refractivity contribution in [3.63, 3.8) is 0 Å². The van der Waals surface area contributed by atoms with E-state index in [1.54, 1.807) is 35.7 Å². The highest BCUT2D eigenvalue weighted by atomic mass is 19.1. The van der Waals surface area contributed by atoms with Crippen molar-refractivity contribution in [1.82, 2.24) is 9.38 Å². The van der Waals surface area contributed by atoms with E-state index in [2.05, 4.69) is 20.4 Å². The van der Waals surface area contributed by atoms with Crippen LogP contribution in [0.2, 0.25) is 0 Å². The molecule has 2 N–H and O–H groups in total. The number of hydrogen-bond donors (Lipinski definition) is 2. The maximum Gasteiger partial charge on any atom is 0.274 e. The molecule has 1 aromatic carbocycles. The van der Waals surface area contributed by atoms with E-state index in [-0.39, 0.29) is 17.7 Å². The second-order valence-electron chi connectivity index (χ2n) is 8.59. The number of anilines is 1. The molecule has 2 fully saturated rings. The fourth-order valence-electron chi connectivity index (χ4n) is 3.91. The predicted molar refractivity (Wildman–Crippen MR) is 122 cm³/mol. The summed E-state index contributed by atoms with van der Waals surface area (Å²) < 4.78 is 20.4. The highest BCUT2D eigenvalue weighted by Crippen LogP contribution is 2.35. The fourth-order valence-corrected chi connectivity index (χ4v) is 3.91. The summed E-state index contributed by atoms with van der Waals surface area (Å²) in [5.74, 6) is -0.137. The van der Waals surface area contributed by atoms with Crippen LogP contribution in [-0.2, 0) is 4.74 Å². The summed E-state index contributed by atoms with van der Waals surface area (Å²) in [4.78, 5) is 21.8. The van der Waals surface area contributed by atoms with Crippen LogP contribution in [0, 0.1) is 12.8 Å². The number of ether oxygens (including phenoxy) is 1. The first-order chi connectivity index (χ1) is 15.9. The van der Waals surface area contributed by atoms with Crippen LogP contribution >= 0.6 is 0 Å². The summed E-state index contributed by atoms with van der Waals surface area (Å²) in [6, 6.07) is 9.15. The second kappa shape index (κ2) is 8.40. The van der Waals surface area contributed by atoms with Gasteiger partial charge < -0.3 is 15.3 Å². The molecule has 1 aliphatic heterocycles. The van der Waals surface area contributed by atoms with Gasteiger partial charge in [0.2, 0.25) is 0 Å². The molecular weight excluding hydrogens is 425 g/mol. The SMILES string of the molecule is CC(=N/C(=N\O)c1ccc(C)c(NC(=O)c2cnc3ccc(C4COC4)cn23)c1)[C@H]1C[C@@H]1F. The first-order valence-electron chi connectivity index (χ1n) is 10.8. The van der Waals surface area contributed by atoms with Crippen molar-refractivity contribution in [1.29, 1.82) is 0 Å². The quantitative estimate of drug-likeness (QED) is 0.266. The normalized spacial score (nSPS) is 21.2. The number of amides is 1. The van der Waals surface area contributed by atoms with Gasteiger partial charge in [0.15, 0.2) is 5.84 Å². The molecule has 8 nitrogen and oxygen atoms in total. The number of nitrogens with zero attached hydrogens (tertiary/aromatic N) is 4. The van der Waals surface area contributed by atoms with Gasteiger partial charge in [-0.1, -0.05) is 23.4 Å². The summed E-state index contributed by atoms with van der Waals surface area (Å²) in [6.45, 7) is 4.94. The summed E-state index contributed by atoms with van der Waals surface area (Å²) in [5.41, 5.74) is 4.67. The number of oxime groups is 1. The Labute approximate surface area is 189 Å². The number of amidine groups is 1. The van der Waals surface area contributed by atoms with Crippen LogP contribution < -0.4 is 5.32 Å². The Morgan fingerprint density at radius 2 is 2.09 bits per heavy atom. The standard InChI is InChI=1S/C24H24FN5O3/c1-13-3-4-15(23(29-32)27-14(2)18-8-19(18)25)7-20(13)28-24(31)21-9-26-22-6-5-16(10-30(21)22)17-11-33-12-17/h3-7,9-10,17-19,32H,8,11-12H2,1-2H3,(H,28,31)/b27-14?,29-23-/t18-,19+/m1/s1. The molecular formula is C24H24FN5O3. The lowest BCUT2D eigenvalue weighted by Crippen LogP contribution is -2.25. The zero-order chi connectivity index (χ0) is 23.1. The van der Waals surface area contributed by atoms with E-state index in [0.717, 1.165) is 11.1 Å². The lowest BCUT2D eigenvalue weighted by molar-refractivity contribution is 0.00826. The highest BCUT2D eigenvalue weighted by molar-refractivity contribution is 6.09. The lowest BCUT2D eigenvalue weighted by atomic mass is 10.00. The van der Waals surface area contributed by atoms with Crippen LogP contribution in [0.1, 0.15) is 46.4 Å². The van der Waals surface area contributed by atoms with E-state index in [4.69, 9.17) is 4.74 Å². The molecule has 1 amide bonds. The van der Waals surface area contributed by atoms with Crippen molar-refractivity contribution in [3.05, 3.63) is 65.1 Å². The number of benzene rings is 1. The third-order valence-corrected chi connectivity index (χ3v) is 6.24. The zero-order valence-electron chi connectivity index (χ0n) is 18.3. The number of halogens is 1. The molecule has 3 heterocycles. The largest absolute Gasteiger partial charge is 0.409 e. The minimum Gasteiger partial charge on any atom is -0.409 e. The number of rotatable bonds is 5. The Morgan fingerprint density at radius 3 is 2.76 bits per heavy atom. The Balaban J connectivity index is 1.40. The summed E-state index contributed by atoms with van der Waals surface area (Å²) in [6.07, 6.45) is 3.03. The molecule has 0 unspecified atom stereocenters. The molecule has 33 heavy (non-hydrogen) atoms. The predicted octanol–water partition coefficient (Wildman–Crippen LogP) is 3.96. The minimum atomic E-state index is -0.885. The third kappa shape index (κ3) is 4.11. The average molecular weight is 449 g/mol. The molecule has 2 aromatic heterocycles. The molecule has 2 atom stereocenters. The van der Waals surface area contributed by atoms with E-state index >= 15 is 0 Å². The molecule has 5 rings (SSSR count). The van der Waals surface area contributed by atoms with Crippen molar-refractivity contribution in [2.45, 2.75) is 32.4 Å². The van der Waals surface area contributed by atoms with Gasteiger partial charge in [-0.05, 0) is 43.5 Å². The van der Waals surface area contributed by atoms with Crippen LogP contribution in [0.25, 0.3) is 5.65 Å². The van der Waals surface area contributed by atoms with Crippen LogP contribution in [-0.4, -0.2) is 51.4 Å². The first-order valence-corrected chi connectivity index (χ1v) is 10.8. The van der Waals surface area contributed by atoms with Gasteiger partial charge in [-0.2, -0.15) is 0 Å². The second-order valence-corrected chi connectivity index (χ2v) is 8.59. The number of pyridine rings is 1.